The lowest BCUT2D eigenvalue weighted by atomic mass is 10.2. The summed E-state index contributed by atoms with van der Waals surface area (Å²) in [6, 6.07) is 2.26. The average Bonchev–Trinajstić information content (AvgIpc) is 2.65. The van der Waals surface area contributed by atoms with E-state index in [-0.39, 0.29) is 0 Å². The number of nitriles is 1. The Labute approximate surface area is 106 Å². The zero-order chi connectivity index (χ0) is 11.5. The van der Waals surface area contributed by atoms with Crippen LogP contribution in [0.25, 0.3) is 10.1 Å². The van der Waals surface area contributed by atoms with E-state index in [0.29, 0.717) is 5.56 Å². The molecule has 0 amide bonds. The van der Waals surface area contributed by atoms with Crippen molar-refractivity contribution in [2.24, 2.45) is 0 Å². The van der Waals surface area contributed by atoms with Crippen LogP contribution in [0.4, 0.5) is 5.00 Å². The summed E-state index contributed by atoms with van der Waals surface area (Å²) >= 11 is 5.01. The fourth-order valence-electron chi connectivity index (χ4n) is 1.48. The number of fused-ring (bicyclic) bond motifs is 1. The molecular formula is C11H10BrN3S. The van der Waals surface area contributed by atoms with Crippen LogP contribution in [0.15, 0.2) is 16.9 Å². The number of hydrogen-bond acceptors (Lipinski definition) is 4. The van der Waals surface area contributed by atoms with Gasteiger partial charge in [-0.1, -0.05) is 6.92 Å². The summed E-state index contributed by atoms with van der Waals surface area (Å²) in [7, 11) is 0. The molecule has 3 nitrogen and oxygen atoms in total. The van der Waals surface area contributed by atoms with E-state index in [1.165, 1.54) is 0 Å². The van der Waals surface area contributed by atoms with E-state index in [9.17, 15) is 5.26 Å². The van der Waals surface area contributed by atoms with E-state index in [1.54, 1.807) is 23.7 Å². The van der Waals surface area contributed by atoms with Gasteiger partial charge in [-0.15, -0.1) is 11.3 Å². The van der Waals surface area contributed by atoms with Gasteiger partial charge in [0.05, 0.1) is 10.3 Å². The van der Waals surface area contributed by atoms with Crippen molar-refractivity contribution in [2.45, 2.75) is 13.3 Å². The quantitative estimate of drug-likeness (QED) is 0.938. The van der Waals surface area contributed by atoms with E-state index in [4.69, 9.17) is 0 Å². The fraction of sp³-hybridized carbons (Fsp3) is 0.273. The predicted molar refractivity (Wildman–Crippen MR) is 70.8 cm³/mol. The second kappa shape index (κ2) is 4.81. The van der Waals surface area contributed by atoms with Gasteiger partial charge < -0.3 is 5.32 Å². The third kappa shape index (κ3) is 1.91. The molecule has 82 valence electrons. The molecule has 16 heavy (non-hydrogen) atoms. The second-order valence-electron chi connectivity index (χ2n) is 3.34. The van der Waals surface area contributed by atoms with Crippen LogP contribution in [-0.4, -0.2) is 11.5 Å². The molecule has 0 aromatic carbocycles. The van der Waals surface area contributed by atoms with Crippen molar-refractivity contribution in [1.29, 1.82) is 5.26 Å². The Balaban J connectivity index is 2.59. The van der Waals surface area contributed by atoms with Crippen molar-refractivity contribution >= 4 is 42.4 Å². The van der Waals surface area contributed by atoms with Crippen LogP contribution >= 0.6 is 27.3 Å². The Morgan fingerprint density at radius 2 is 2.38 bits per heavy atom. The Bertz CT molecular complexity index is 556. The van der Waals surface area contributed by atoms with Crippen LogP contribution in [0.5, 0.6) is 0 Å². The minimum absolute atomic E-state index is 0.711. The van der Waals surface area contributed by atoms with Crippen LogP contribution in [0, 0.1) is 11.3 Å². The highest BCUT2D eigenvalue weighted by molar-refractivity contribution is 9.10. The minimum Gasteiger partial charge on any atom is -0.376 e. The molecule has 1 N–H and O–H groups in total. The van der Waals surface area contributed by atoms with E-state index in [2.05, 4.69) is 39.2 Å². The summed E-state index contributed by atoms with van der Waals surface area (Å²) in [6.07, 6.45) is 4.56. The minimum atomic E-state index is 0.711. The first-order chi connectivity index (χ1) is 7.77. The number of nitrogens with one attached hydrogen (secondary N) is 1. The number of hydrogen-bond donors (Lipinski definition) is 1. The Hall–Kier alpha value is -1.12. The van der Waals surface area contributed by atoms with Gasteiger partial charge in [-0.05, 0) is 22.4 Å². The lowest BCUT2D eigenvalue weighted by Gasteiger charge is -2.00. The molecular weight excluding hydrogens is 286 g/mol. The summed E-state index contributed by atoms with van der Waals surface area (Å²) < 4.78 is 1.91. The van der Waals surface area contributed by atoms with Crippen molar-refractivity contribution in [3.63, 3.8) is 0 Å². The zero-order valence-electron chi connectivity index (χ0n) is 8.75. The summed E-state index contributed by atoms with van der Waals surface area (Å²) in [6.45, 7) is 2.98. The third-order valence-electron chi connectivity index (χ3n) is 2.20. The van der Waals surface area contributed by atoms with Crippen molar-refractivity contribution in [1.82, 2.24) is 4.98 Å². The van der Waals surface area contributed by atoms with Gasteiger partial charge in [0.25, 0.3) is 0 Å². The maximum atomic E-state index is 9.20. The molecule has 0 aliphatic heterocycles. The molecule has 0 fully saturated rings. The smallest absolute Gasteiger partial charge is 0.108 e. The maximum Gasteiger partial charge on any atom is 0.108 e. The normalized spacial score (nSPS) is 10.3. The molecule has 0 radical (unpaired) electrons. The molecule has 2 aromatic heterocycles. The van der Waals surface area contributed by atoms with Crippen molar-refractivity contribution in [3.8, 4) is 6.07 Å². The molecule has 0 bridgehead atoms. The van der Waals surface area contributed by atoms with Gasteiger partial charge in [0.2, 0.25) is 0 Å². The fourth-order valence-corrected chi connectivity index (χ4v) is 3.21. The Kier molecular flexibility index (Phi) is 3.42. The number of halogens is 1. The van der Waals surface area contributed by atoms with E-state index in [1.807, 2.05) is 0 Å². The largest absolute Gasteiger partial charge is 0.376 e. The first kappa shape index (κ1) is 11.4. The summed E-state index contributed by atoms with van der Waals surface area (Å²) in [5.74, 6) is 0. The summed E-state index contributed by atoms with van der Waals surface area (Å²) in [5.41, 5.74) is 0.711. The van der Waals surface area contributed by atoms with Gasteiger partial charge in [0.15, 0.2) is 0 Å². The topological polar surface area (TPSA) is 48.7 Å². The highest BCUT2D eigenvalue weighted by Crippen LogP contribution is 2.38. The van der Waals surface area contributed by atoms with Crippen LogP contribution in [0.3, 0.4) is 0 Å². The average molecular weight is 296 g/mol. The van der Waals surface area contributed by atoms with Crippen molar-refractivity contribution in [2.75, 3.05) is 11.9 Å². The molecule has 2 heterocycles. The highest BCUT2D eigenvalue weighted by Gasteiger charge is 2.13. The van der Waals surface area contributed by atoms with E-state index < -0.39 is 0 Å². The Morgan fingerprint density at radius 1 is 1.56 bits per heavy atom. The first-order valence-corrected chi connectivity index (χ1v) is 6.58. The SMILES string of the molecule is CCCNc1sc2cncc(Br)c2c1C#N. The van der Waals surface area contributed by atoms with Gasteiger partial charge in [-0.2, -0.15) is 5.26 Å². The summed E-state index contributed by atoms with van der Waals surface area (Å²) in [5, 5.41) is 14.4. The van der Waals surface area contributed by atoms with Crippen LogP contribution in [0.2, 0.25) is 0 Å². The zero-order valence-corrected chi connectivity index (χ0v) is 11.2. The summed E-state index contributed by atoms with van der Waals surface area (Å²) in [4.78, 5) is 4.11. The second-order valence-corrected chi connectivity index (χ2v) is 5.25. The molecule has 0 atom stereocenters. The number of nitrogens with zero attached hydrogens (tertiary/aromatic N) is 2. The molecule has 0 spiro atoms. The first-order valence-electron chi connectivity index (χ1n) is 4.98. The van der Waals surface area contributed by atoms with Gasteiger partial charge in [0.1, 0.15) is 11.1 Å². The van der Waals surface area contributed by atoms with E-state index in [0.717, 1.165) is 32.5 Å². The standard InChI is InChI=1S/C11H10BrN3S/c1-2-3-15-11-7(4-13)10-8(12)5-14-6-9(10)16-11/h5-6,15H,2-3H2,1H3. The number of thiophene rings is 1. The molecule has 0 aliphatic rings. The highest BCUT2D eigenvalue weighted by atomic mass is 79.9. The predicted octanol–water partition coefficient (Wildman–Crippen LogP) is 3.75. The van der Waals surface area contributed by atoms with Gasteiger partial charge in [-0.3, -0.25) is 4.98 Å². The molecule has 0 saturated heterocycles. The number of aromatic nitrogens is 1. The molecule has 0 unspecified atom stereocenters. The van der Waals surface area contributed by atoms with Crippen molar-refractivity contribution in [3.05, 3.63) is 22.4 Å². The van der Waals surface area contributed by atoms with Crippen molar-refractivity contribution < 1.29 is 0 Å². The molecule has 2 rings (SSSR count). The van der Waals surface area contributed by atoms with Crippen LogP contribution in [0.1, 0.15) is 18.9 Å². The Morgan fingerprint density at radius 3 is 3.06 bits per heavy atom. The third-order valence-corrected chi connectivity index (χ3v) is 3.88. The molecule has 0 aliphatic carbocycles. The number of anilines is 1. The van der Waals surface area contributed by atoms with Gasteiger partial charge in [0, 0.05) is 28.8 Å². The number of rotatable bonds is 3. The lowest BCUT2D eigenvalue weighted by Crippen LogP contribution is -1.98. The number of pyridine rings is 1. The monoisotopic (exact) mass is 295 g/mol. The van der Waals surface area contributed by atoms with E-state index >= 15 is 0 Å². The van der Waals surface area contributed by atoms with Gasteiger partial charge >= 0.3 is 0 Å². The molecule has 0 saturated carbocycles. The lowest BCUT2D eigenvalue weighted by molar-refractivity contribution is 0.983. The van der Waals surface area contributed by atoms with Gasteiger partial charge in [-0.25, -0.2) is 0 Å². The van der Waals surface area contributed by atoms with Crippen LogP contribution in [-0.2, 0) is 0 Å². The van der Waals surface area contributed by atoms with Crippen LogP contribution < -0.4 is 5.32 Å². The molecule has 5 heteroatoms. The maximum absolute atomic E-state index is 9.20. The molecule has 2 aromatic rings.